The van der Waals surface area contributed by atoms with E-state index in [0.29, 0.717) is 32.7 Å². The fourth-order valence-electron chi connectivity index (χ4n) is 5.33. The maximum atomic E-state index is 14.2. The third-order valence-corrected chi connectivity index (χ3v) is 12.1. The normalized spacial score (nSPS) is 34.7. The molecule has 8 unspecified atom stereocenters. The summed E-state index contributed by atoms with van der Waals surface area (Å²) in [6, 6.07) is 0. The Morgan fingerprint density at radius 2 is 1.08 bits per heavy atom. The van der Waals surface area contributed by atoms with E-state index in [9.17, 15) is 13.9 Å². The van der Waals surface area contributed by atoms with E-state index >= 15 is 0 Å². The van der Waals surface area contributed by atoms with Gasteiger partial charge in [0, 0.05) is 46.2 Å². The van der Waals surface area contributed by atoms with Crippen LogP contribution in [0.4, 0.5) is 0 Å². The van der Waals surface area contributed by atoms with Crippen LogP contribution in [0.15, 0.2) is 0 Å². The van der Waals surface area contributed by atoms with E-state index in [1.54, 1.807) is 47.1 Å². The van der Waals surface area contributed by atoms with Crippen molar-refractivity contribution < 1.29 is 37.2 Å². The zero-order valence-electron chi connectivity index (χ0n) is 25.0. The molecule has 228 valence electrons. The van der Waals surface area contributed by atoms with Crippen molar-refractivity contribution in [1.82, 2.24) is 23.6 Å². The van der Waals surface area contributed by atoms with Crippen molar-refractivity contribution in [2.75, 3.05) is 80.7 Å². The summed E-state index contributed by atoms with van der Waals surface area (Å²) in [7, 11) is 0.153. The van der Waals surface area contributed by atoms with Gasteiger partial charge in [-0.3, -0.25) is 13.9 Å². The predicted molar refractivity (Wildman–Crippen MR) is 149 cm³/mol. The molecule has 3 fully saturated rings. The summed E-state index contributed by atoms with van der Waals surface area (Å²) in [5.74, 6) is -0.0215. The molecule has 39 heavy (non-hydrogen) atoms. The van der Waals surface area contributed by atoms with Crippen LogP contribution >= 0.6 is 15.3 Å². The second kappa shape index (κ2) is 13.7. The molecule has 0 aromatic rings. The molecule has 0 bridgehead atoms. The summed E-state index contributed by atoms with van der Waals surface area (Å²) in [5, 5.41) is 0. The minimum absolute atomic E-state index is 0.0215. The number of carbonyl (C=O) groups is 1. The molecule has 0 radical (unpaired) electrons. The van der Waals surface area contributed by atoms with Crippen LogP contribution in [0.25, 0.3) is 0 Å². The molecule has 3 aliphatic heterocycles. The van der Waals surface area contributed by atoms with Crippen molar-refractivity contribution in [1.29, 1.82) is 0 Å². The van der Waals surface area contributed by atoms with Crippen LogP contribution in [-0.2, 0) is 37.2 Å². The number of carbonyl (C=O) groups excluding carboxylic acids is 1. The molecular formula is C24H49N5O8P2. The summed E-state index contributed by atoms with van der Waals surface area (Å²) >= 11 is 0. The van der Waals surface area contributed by atoms with E-state index in [0.717, 1.165) is 0 Å². The summed E-state index contributed by atoms with van der Waals surface area (Å²) in [6.07, 6.45) is -1.35. The van der Waals surface area contributed by atoms with Crippen molar-refractivity contribution in [3.63, 3.8) is 0 Å². The fraction of sp³-hybridized carbons (Fsp3) is 0.958. The molecule has 0 spiro atoms. The summed E-state index contributed by atoms with van der Waals surface area (Å²) in [6.45, 7) is 12.0. The summed E-state index contributed by atoms with van der Waals surface area (Å²) < 4.78 is 65.3. The van der Waals surface area contributed by atoms with E-state index < -0.39 is 21.4 Å². The molecule has 0 saturated carbocycles. The number of nitrogens with zero attached hydrogens (tertiary/aromatic N) is 5. The topological polar surface area (TPSA) is 114 Å². The number of rotatable bonds is 10. The van der Waals surface area contributed by atoms with Crippen molar-refractivity contribution >= 4 is 21.2 Å². The molecule has 3 heterocycles. The molecule has 3 rings (SSSR count). The van der Waals surface area contributed by atoms with Crippen molar-refractivity contribution in [3.05, 3.63) is 0 Å². The van der Waals surface area contributed by atoms with Crippen molar-refractivity contribution in [3.8, 4) is 0 Å². The van der Waals surface area contributed by atoms with Gasteiger partial charge in [-0.25, -0.2) is 18.7 Å². The largest absolute Gasteiger partial charge is 0.373 e. The van der Waals surface area contributed by atoms with Crippen LogP contribution in [0.2, 0.25) is 0 Å². The van der Waals surface area contributed by atoms with E-state index in [2.05, 4.69) is 0 Å². The summed E-state index contributed by atoms with van der Waals surface area (Å²) in [5.41, 5.74) is 0. The second-order valence-corrected chi connectivity index (χ2v) is 16.5. The van der Waals surface area contributed by atoms with Crippen LogP contribution in [-0.4, -0.2) is 147 Å². The maximum absolute atomic E-state index is 14.2. The first-order valence-corrected chi connectivity index (χ1v) is 16.8. The Kier molecular flexibility index (Phi) is 11.6. The van der Waals surface area contributed by atoms with E-state index in [1.807, 2.05) is 32.4 Å². The number of morpholine rings is 3. The maximum Gasteiger partial charge on any atom is 0.345 e. The summed E-state index contributed by atoms with van der Waals surface area (Å²) in [4.78, 5) is 13.7. The third-order valence-electron chi connectivity index (χ3n) is 7.06. The van der Waals surface area contributed by atoms with E-state index in [1.165, 1.54) is 6.92 Å². The molecule has 1 amide bonds. The lowest BCUT2D eigenvalue weighted by molar-refractivity contribution is -0.144. The Bertz CT molecular complexity index is 917. The zero-order valence-corrected chi connectivity index (χ0v) is 26.8. The Morgan fingerprint density at radius 3 is 1.51 bits per heavy atom. The van der Waals surface area contributed by atoms with Crippen molar-refractivity contribution in [2.24, 2.45) is 0 Å². The van der Waals surface area contributed by atoms with E-state index in [4.69, 9.17) is 23.3 Å². The minimum Gasteiger partial charge on any atom is -0.373 e. The van der Waals surface area contributed by atoms with Gasteiger partial charge in [0.1, 0.15) is 0 Å². The number of hydrogen-bond acceptors (Lipinski definition) is 8. The standard InChI is InChI=1S/C24H49N5O8P2/c1-18-10-27(22(5)30)14-23(36-18)16-33-39(32,26(8)9)29-13-21(4)37-24(15-29)17-34-38(31,25(6)7)28-11-19(2)35-20(3)12-28/h18-21,23-24H,10-17H2,1-9H3. The predicted octanol–water partition coefficient (Wildman–Crippen LogP) is 2.19. The smallest absolute Gasteiger partial charge is 0.345 e. The lowest BCUT2D eigenvalue weighted by Crippen LogP contribution is -2.51. The van der Waals surface area contributed by atoms with Gasteiger partial charge in [-0.05, 0) is 55.9 Å². The fourth-order valence-corrected chi connectivity index (χ4v) is 9.55. The average molecular weight is 598 g/mol. The molecule has 13 nitrogen and oxygen atoms in total. The molecule has 0 aliphatic carbocycles. The molecule has 3 saturated heterocycles. The molecule has 0 aromatic heterocycles. The Morgan fingerprint density at radius 1 is 0.692 bits per heavy atom. The van der Waals surface area contributed by atoms with Gasteiger partial charge < -0.3 is 28.2 Å². The molecular weight excluding hydrogens is 548 g/mol. The first-order valence-electron chi connectivity index (χ1n) is 13.7. The van der Waals surface area contributed by atoms with Gasteiger partial charge in [-0.15, -0.1) is 0 Å². The molecule has 0 aromatic carbocycles. The minimum atomic E-state index is -3.46. The van der Waals surface area contributed by atoms with Gasteiger partial charge in [-0.1, -0.05) is 0 Å². The average Bonchev–Trinajstić information content (AvgIpc) is 2.84. The van der Waals surface area contributed by atoms with Gasteiger partial charge >= 0.3 is 15.3 Å². The van der Waals surface area contributed by atoms with Gasteiger partial charge in [0.2, 0.25) is 5.91 Å². The van der Waals surface area contributed by atoms with Gasteiger partial charge in [-0.2, -0.15) is 0 Å². The van der Waals surface area contributed by atoms with Gasteiger partial charge in [0.15, 0.2) is 0 Å². The number of amides is 1. The van der Waals surface area contributed by atoms with Gasteiger partial charge in [0.25, 0.3) is 0 Å². The highest BCUT2D eigenvalue weighted by molar-refractivity contribution is 7.54. The lowest BCUT2D eigenvalue weighted by Gasteiger charge is -2.44. The van der Waals surface area contributed by atoms with Crippen LogP contribution < -0.4 is 0 Å². The van der Waals surface area contributed by atoms with Gasteiger partial charge in [0.05, 0.1) is 49.8 Å². The lowest BCUT2D eigenvalue weighted by atomic mass is 10.2. The van der Waals surface area contributed by atoms with Crippen molar-refractivity contribution in [2.45, 2.75) is 71.2 Å². The van der Waals surface area contributed by atoms with Crippen LogP contribution in [0.5, 0.6) is 0 Å². The highest BCUT2D eigenvalue weighted by atomic mass is 31.2. The monoisotopic (exact) mass is 597 g/mol. The molecule has 3 aliphatic rings. The molecule has 8 atom stereocenters. The highest BCUT2D eigenvalue weighted by Gasteiger charge is 2.44. The first-order chi connectivity index (χ1) is 18.1. The van der Waals surface area contributed by atoms with Crippen LogP contribution in [0.1, 0.15) is 34.6 Å². The quantitative estimate of drug-likeness (QED) is 0.344. The van der Waals surface area contributed by atoms with E-state index in [-0.39, 0.29) is 56.2 Å². The van der Waals surface area contributed by atoms with Crippen LogP contribution in [0, 0.1) is 0 Å². The number of hydrogen-bond donors (Lipinski definition) is 0. The Labute approximate surface area is 234 Å². The third kappa shape index (κ3) is 8.32. The molecule has 0 N–H and O–H groups in total. The van der Waals surface area contributed by atoms with Crippen LogP contribution in [0.3, 0.4) is 0 Å². The molecule has 15 heteroatoms. The SMILES string of the molecule is CC(=O)N1CC(C)OC(COP(=O)(N(C)C)N2CC(C)OC(COP(=O)(N(C)C)N3CC(C)OC(C)C3)C2)C1. The Hall–Kier alpha value is -0.430. The zero-order chi connectivity index (χ0) is 29.1. The number of ether oxygens (including phenoxy) is 3. The first kappa shape index (κ1) is 33.1. The Balaban J connectivity index is 1.68. The highest BCUT2D eigenvalue weighted by Crippen LogP contribution is 2.55. The second-order valence-electron chi connectivity index (χ2n) is 11.3.